The summed E-state index contributed by atoms with van der Waals surface area (Å²) >= 11 is 0. The fourth-order valence-electron chi connectivity index (χ4n) is 3.60. The second-order valence-corrected chi connectivity index (χ2v) is 5.80. The Balaban J connectivity index is 2.05. The minimum atomic E-state index is 0.374. The van der Waals surface area contributed by atoms with Crippen LogP contribution < -0.4 is 19.7 Å². The molecule has 0 amide bonds. The smallest absolute Gasteiger partial charge is 0.146 e. The van der Waals surface area contributed by atoms with Crippen LogP contribution in [0.3, 0.4) is 0 Å². The summed E-state index contributed by atoms with van der Waals surface area (Å²) in [6.45, 7) is 3.33. The van der Waals surface area contributed by atoms with Gasteiger partial charge in [0.15, 0.2) is 0 Å². The number of hydrogen-bond donors (Lipinski definition) is 1. The zero-order chi connectivity index (χ0) is 13.5. The lowest BCUT2D eigenvalue weighted by Gasteiger charge is -2.41. The molecule has 0 aromatic heterocycles. The Morgan fingerprint density at radius 3 is 2.74 bits per heavy atom. The number of ether oxygens (including phenoxy) is 2. The van der Waals surface area contributed by atoms with Crippen LogP contribution in [0, 0.1) is 5.41 Å². The van der Waals surface area contributed by atoms with Gasteiger partial charge in [0.1, 0.15) is 11.5 Å². The van der Waals surface area contributed by atoms with Gasteiger partial charge < -0.3 is 19.7 Å². The predicted octanol–water partition coefficient (Wildman–Crippen LogP) is 1.68. The Labute approximate surface area is 114 Å². The Morgan fingerprint density at radius 2 is 2.11 bits per heavy atom. The highest BCUT2D eigenvalue weighted by atomic mass is 16.5. The van der Waals surface area contributed by atoms with Gasteiger partial charge in [-0.15, -0.1) is 0 Å². The van der Waals surface area contributed by atoms with E-state index in [1.165, 1.54) is 17.7 Å². The zero-order valence-corrected chi connectivity index (χ0v) is 12.0. The summed E-state index contributed by atoms with van der Waals surface area (Å²) in [4.78, 5) is 2.34. The van der Waals surface area contributed by atoms with Gasteiger partial charge in [0.2, 0.25) is 0 Å². The molecule has 1 aromatic rings. The molecule has 1 spiro atoms. The molecule has 0 saturated carbocycles. The molecule has 1 fully saturated rings. The van der Waals surface area contributed by atoms with Gasteiger partial charge in [0.05, 0.1) is 19.9 Å². The van der Waals surface area contributed by atoms with E-state index in [0.717, 1.165) is 37.6 Å². The van der Waals surface area contributed by atoms with Crippen molar-refractivity contribution in [3.8, 4) is 11.5 Å². The van der Waals surface area contributed by atoms with Crippen LogP contribution in [0.15, 0.2) is 12.1 Å². The van der Waals surface area contributed by atoms with Gasteiger partial charge in [-0.3, -0.25) is 0 Å². The highest BCUT2D eigenvalue weighted by Gasteiger charge is 2.40. The van der Waals surface area contributed by atoms with E-state index in [0.29, 0.717) is 5.41 Å². The van der Waals surface area contributed by atoms with Crippen molar-refractivity contribution in [2.75, 3.05) is 45.8 Å². The largest absolute Gasteiger partial charge is 0.497 e. The third kappa shape index (κ3) is 2.04. The summed E-state index contributed by atoms with van der Waals surface area (Å²) in [5.41, 5.74) is 2.94. The average molecular weight is 262 g/mol. The molecule has 1 aromatic carbocycles. The van der Waals surface area contributed by atoms with Crippen LogP contribution in [0.2, 0.25) is 0 Å². The molecule has 1 unspecified atom stereocenters. The Morgan fingerprint density at radius 1 is 1.26 bits per heavy atom. The number of benzene rings is 1. The van der Waals surface area contributed by atoms with Crippen molar-refractivity contribution < 1.29 is 9.47 Å². The van der Waals surface area contributed by atoms with E-state index in [4.69, 9.17) is 9.47 Å². The summed E-state index contributed by atoms with van der Waals surface area (Å²) in [7, 11) is 5.60. The third-order valence-corrected chi connectivity index (χ3v) is 4.43. The van der Waals surface area contributed by atoms with Gasteiger partial charge in [0.25, 0.3) is 0 Å². The molecule has 3 rings (SSSR count). The molecule has 104 valence electrons. The van der Waals surface area contributed by atoms with Gasteiger partial charge in [0, 0.05) is 31.6 Å². The van der Waals surface area contributed by atoms with Crippen molar-refractivity contribution in [2.45, 2.75) is 12.8 Å². The lowest BCUT2D eigenvalue weighted by atomic mass is 9.77. The number of rotatable bonds is 2. The first kappa shape index (κ1) is 12.6. The van der Waals surface area contributed by atoms with Gasteiger partial charge in [-0.2, -0.15) is 0 Å². The van der Waals surface area contributed by atoms with Crippen molar-refractivity contribution in [3.63, 3.8) is 0 Å². The van der Waals surface area contributed by atoms with Crippen molar-refractivity contribution in [1.82, 2.24) is 5.32 Å². The Hall–Kier alpha value is -1.42. The van der Waals surface area contributed by atoms with Crippen LogP contribution in [0.5, 0.6) is 11.5 Å². The van der Waals surface area contributed by atoms with Crippen LogP contribution in [0.25, 0.3) is 0 Å². The SMILES string of the molecule is COc1cc2c(c(OC)c1)N(C)CC1(CCNC1)C2. The molecule has 1 atom stereocenters. The molecule has 1 N–H and O–H groups in total. The van der Waals surface area contributed by atoms with Crippen molar-refractivity contribution in [2.24, 2.45) is 5.41 Å². The quantitative estimate of drug-likeness (QED) is 0.879. The minimum absolute atomic E-state index is 0.374. The van der Waals surface area contributed by atoms with E-state index in [9.17, 15) is 0 Å². The molecular weight excluding hydrogens is 240 g/mol. The predicted molar refractivity (Wildman–Crippen MR) is 76.4 cm³/mol. The highest BCUT2D eigenvalue weighted by Crippen LogP contribution is 2.45. The Kier molecular flexibility index (Phi) is 3.05. The van der Waals surface area contributed by atoms with E-state index in [-0.39, 0.29) is 0 Å². The van der Waals surface area contributed by atoms with Crippen molar-refractivity contribution >= 4 is 5.69 Å². The van der Waals surface area contributed by atoms with E-state index >= 15 is 0 Å². The minimum Gasteiger partial charge on any atom is -0.497 e. The molecule has 4 heteroatoms. The zero-order valence-electron chi connectivity index (χ0n) is 12.0. The van der Waals surface area contributed by atoms with Crippen LogP contribution in [0.4, 0.5) is 5.69 Å². The topological polar surface area (TPSA) is 33.7 Å². The number of anilines is 1. The molecule has 0 radical (unpaired) electrons. The standard InChI is InChI=1S/C15H22N2O2/c1-17-10-15(4-5-16-9-15)8-11-6-12(18-2)7-13(19-3)14(11)17/h6-7,16H,4-5,8-10H2,1-3H3. The molecule has 4 nitrogen and oxygen atoms in total. The molecule has 2 heterocycles. The summed E-state index contributed by atoms with van der Waals surface area (Å²) in [5.74, 6) is 1.80. The number of methoxy groups -OCH3 is 2. The highest BCUT2D eigenvalue weighted by molar-refractivity contribution is 5.68. The lowest BCUT2D eigenvalue weighted by molar-refractivity contribution is 0.310. The third-order valence-electron chi connectivity index (χ3n) is 4.43. The molecule has 0 bridgehead atoms. The maximum absolute atomic E-state index is 5.54. The Bertz CT molecular complexity index is 481. The fourth-order valence-corrected chi connectivity index (χ4v) is 3.60. The van der Waals surface area contributed by atoms with Gasteiger partial charge in [-0.25, -0.2) is 0 Å². The summed E-state index contributed by atoms with van der Waals surface area (Å²) in [5, 5.41) is 3.50. The van der Waals surface area contributed by atoms with E-state index < -0.39 is 0 Å². The summed E-state index contributed by atoms with van der Waals surface area (Å²) < 4.78 is 10.9. The van der Waals surface area contributed by atoms with E-state index in [1.807, 2.05) is 6.07 Å². The first-order valence-electron chi connectivity index (χ1n) is 6.84. The van der Waals surface area contributed by atoms with Crippen LogP contribution in [0.1, 0.15) is 12.0 Å². The summed E-state index contributed by atoms with van der Waals surface area (Å²) in [6.07, 6.45) is 2.35. The number of fused-ring (bicyclic) bond motifs is 1. The number of nitrogens with one attached hydrogen (secondary N) is 1. The molecule has 19 heavy (non-hydrogen) atoms. The van der Waals surface area contributed by atoms with Gasteiger partial charge >= 0.3 is 0 Å². The van der Waals surface area contributed by atoms with Gasteiger partial charge in [-0.05, 0) is 31.0 Å². The normalized spacial score (nSPS) is 25.5. The first-order chi connectivity index (χ1) is 9.17. The average Bonchev–Trinajstić information content (AvgIpc) is 2.84. The van der Waals surface area contributed by atoms with E-state index in [2.05, 4.69) is 23.3 Å². The summed E-state index contributed by atoms with van der Waals surface area (Å²) in [6, 6.07) is 4.13. The van der Waals surface area contributed by atoms with Gasteiger partial charge in [-0.1, -0.05) is 0 Å². The maximum atomic E-state index is 5.54. The van der Waals surface area contributed by atoms with Crippen LogP contribution >= 0.6 is 0 Å². The second-order valence-electron chi connectivity index (χ2n) is 5.80. The second kappa shape index (κ2) is 4.60. The number of nitrogens with zero attached hydrogens (tertiary/aromatic N) is 1. The lowest BCUT2D eigenvalue weighted by Crippen LogP contribution is -2.43. The van der Waals surface area contributed by atoms with E-state index in [1.54, 1.807) is 14.2 Å². The fraction of sp³-hybridized carbons (Fsp3) is 0.600. The van der Waals surface area contributed by atoms with Crippen LogP contribution in [-0.4, -0.2) is 40.9 Å². The maximum Gasteiger partial charge on any atom is 0.146 e. The molecule has 2 aliphatic rings. The van der Waals surface area contributed by atoms with Crippen molar-refractivity contribution in [3.05, 3.63) is 17.7 Å². The first-order valence-corrected chi connectivity index (χ1v) is 6.84. The molecule has 1 saturated heterocycles. The molecule has 2 aliphatic heterocycles. The van der Waals surface area contributed by atoms with Crippen LogP contribution in [-0.2, 0) is 6.42 Å². The molecular formula is C15H22N2O2. The molecule has 0 aliphatic carbocycles. The van der Waals surface area contributed by atoms with Crippen molar-refractivity contribution in [1.29, 1.82) is 0 Å². The monoisotopic (exact) mass is 262 g/mol. The number of hydrogen-bond acceptors (Lipinski definition) is 4.